The van der Waals surface area contributed by atoms with Crippen LogP contribution in [0, 0.1) is 0 Å². The highest BCUT2D eigenvalue weighted by Gasteiger charge is 2.29. The molecule has 3 rings (SSSR count). The summed E-state index contributed by atoms with van der Waals surface area (Å²) in [4.78, 5) is 9.64. The molecule has 1 saturated heterocycles. The molecule has 1 atom stereocenters. The molecule has 0 aromatic carbocycles. The van der Waals surface area contributed by atoms with Crippen molar-refractivity contribution in [3.8, 4) is 0 Å². The Balaban J connectivity index is 1.60. The fraction of sp³-hybridized carbons (Fsp3) is 0.647. The highest BCUT2D eigenvalue weighted by molar-refractivity contribution is 5.80. The Hall–Kier alpha value is -1.82. The van der Waals surface area contributed by atoms with Crippen LogP contribution in [0.15, 0.2) is 27.7 Å². The van der Waals surface area contributed by atoms with Crippen LogP contribution < -0.4 is 5.32 Å². The summed E-state index contributed by atoms with van der Waals surface area (Å²) < 4.78 is 5.33. The van der Waals surface area contributed by atoms with Crippen molar-refractivity contribution in [3.05, 3.63) is 29.7 Å². The zero-order valence-electron chi connectivity index (χ0n) is 14.2. The van der Waals surface area contributed by atoms with Crippen LogP contribution >= 0.6 is 0 Å². The van der Waals surface area contributed by atoms with Crippen LogP contribution in [-0.4, -0.2) is 59.7 Å². The minimum atomic E-state index is 0.543. The maximum atomic E-state index is 5.33. The molecule has 3 heterocycles. The zero-order chi connectivity index (χ0) is 16.1. The van der Waals surface area contributed by atoms with Crippen molar-refractivity contribution in [2.24, 2.45) is 4.99 Å². The summed E-state index contributed by atoms with van der Waals surface area (Å²) >= 11 is 0. The number of aryl methyl sites for hydroxylation is 1. The molecular formula is C17H27N5O. The van der Waals surface area contributed by atoms with Gasteiger partial charge in [0.05, 0.1) is 5.69 Å². The third-order valence-corrected chi connectivity index (χ3v) is 4.52. The molecule has 0 bridgehead atoms. The van der Waals surface area contributed by atoms with E-state index in [1.165, 1.54) is 6.42 Å². The molecule has 2 aliphatic rings. The lowest BCUT2D eigenvalue weighted by molar-refractivity contribution is 0.259. The van der Waals surface area contributed by atoms with E-state index in [1.807, 2.05) is 6.07 Å². The molecule has 0 saturated carbocycles. The van der Waals surface area contributed by atoms with Gasteiger partial charge in [0.15, 0.2) is 11.7 Å². The molecule has 1 fully saturated rings. The number of guanidine groups is 1. The van der Waals surface area contributed by atoms with Crippen LogP contribution in [0.1, 0.15) is 31.7 Å². The van der Waals surface area contributed by atoms with Gasteiger partial charge in [0.2, 0.25) is 0 Å². The lowest BCUT2D eigenvalue weighted by atomic mass is 10.2. The Kier molecular flexibility index (Phi) is 5.33. The SMILES string of the molecule is CCNC(=NCc1cc(CC)no1)N1CCC(N2CC=CC2)C1. The van der Waals surface area contributed by atoms with Crippen molar-refractivity contribution in [1.29, 1.82) is 0 Å². The quantitative estimate of drug-likeness (QED) is 0.508. The molecule has 1 N–H and O–H groups in total. The van der Waals surface area contributed by atoms with Crippen molar-refractivity contribution in [3.63, 3.8) is 0 Å². The maximum Gasteiger partial charge on any atom is 0.194 e. The van der Waals surface area contributed by atoms with Gasteiger partial charge < -0.3 is 14.7 Å². The first-order valence-corrected chi connectivity index (χ1v) is 8.67. The smallest absolute Gasteiger partial charge is 0.194 e. The Morgan fingerprint density at radius 1 is 1.39 bits per heavy atom. The highest BCUT2D eigenvalue weighted by Crippen LogP contribution is 2.18. The Labute approximate surface area is 138 Å². The molecule has 126 valence electrons. The van der Waals surface area contributed by atoms with Crippen LogP contribution in [0.3, 0.4) is 0 Å². The Bertz CT molecular complexity index is 557. The van der Waals surface area contributed by atoms with Gasteiger partial charge in [0.1, 0.15) is 6.54 Å². The van der Waals surface area contributed by atoms with Gasteiger partial charge in [-0.05, 0) is 19.8 Å². The molecule has 0 radical (unpaired) electrons. The first kappa shape index (κ1) is 16.1. The molecule has 0 aliphatic carbocycles. The molecular weight excluding hydrogens is 290 g/mol. The van der Waals surface area contributed by atoms with E-state index in [-0.39, 0.29) is 0 Å². The van der Waals surface area contributed by atoms with E-state index in [0.717, 1.165) is 56.6 Å². The number of aromatic nitrogens is 1. The van der Waals surface area contributed by atoms with Crippen LogP contribution in [0.4, 0.5) is 0 Å². The number of nitrogens with zero attached hydrogens (tertiary/aromatic N) is 4. The van der Waals surface area contributed by atoms with Crippen LogP contribution in [0.2, 0.25) is 0 Å². The standard InChI is InChI=1S/C17H27N5O/c1-3-14-11-16(23-20-14)12-19-17(18-4-2)22-10-7-15(13-22)21-8-5-6-9-21/h5-6,11,15H,3-4,7-10,12-13H2,1-2H3,(H,18,19). The number of nitrogens with one attached hydrogen (secondary N) is 1. The Morgan fingerprint density at radius 2 is 2.22 bits per heavy atom. The molecule has 0 amide bonds. The van der Waals surface area contributed by atoms with E-state index in [9.17, 15) is 0 Å². The predicted molar refractivity (Wildman–Crippen MR) is 91.4 cm³/mol. The second-order valence-corrected chi connectivity index (χ2v) is 6.12. The summed E-state index contributed by atoms with van der Waals surface area (Å²) in [6.45, 7) is 9.88. The molecule has 1 unspecified atom stereocenters. The molecule has 1 aromatic heterocycles. The molecule has 1 aromatic rings. The van der Waals surface area contributed by atoms with Gasteiger partial charge in [-0.1, -0.05) is 24.2 Å². The molecule has 0 spiro atoms. The predicted octanol–water partition coefficient (Wildman–Crippen LogP) is 1.65. The minimum absolute atomic E-state index is 0.543. The van der Waals surface area contributed by atoms with Gasteiger partial charge in [0.25, 0.3) is 0 Å². The summed E-state index contributed by atoms with van der Waals surface area (Å²) in [5, 5.41) is 7.44. The minimum Gasteiger partial charge on any atom is -0.359 e. The fourth-order valence-electron chi connectivity index (χ4n) is 3.20. The lowest BCUT2D eigenvalue weighted by Gasteiger charge is -2.25. The topological polar surface area (TPSA) is 56.9 Å². The fourth-order valence-corrected chi connectivity index (χ4v) is 3.20. The Morgan fingerprint density at radius 3 is 2.91 bits per heavy atom. The van der Waals surface area contributed by atoms with Crippen molar-refractivity contribution in [1.82, 2.24) is 20.3 Å². The second kappa shape index (κ2) is 7.64. The summed E-state index contributed by atoms with van der Waals surface area (Å²) in [6, 6.07) is 2.63. The number of hydrogen-bond acceptors (Lipinski definition) is 4. The summed E-state index contributed by atoms with van der Waals surface area (Å²) in [6.07, 6.45) is 6.62. The number of hydrogen-bond donors (Lipinski definition) is 1. The lowest BCUT2D eigenvalue weighted by Crippen LogP contribution is -2.42. The van der Waals surface area contributed by atoms with Crippen LogP contribution in [-0.2, 0) is 13.0 Å². The maximum absolute atomic E-state index is 5.33. The first-order chi connectivity index (χ1) is 11.3. The highest BCUT2D eigenvalue weighted by atomic mass is 16.5. The second-order valence-electron chi connectivity index (χ2n) is 6.12. The molecule has 6 nitrogen and oxygen atoms in total. The van der Waals surface area contributed by atoms with Crippen molar-refractivity contribution < 1.29 is 4.52 Å². The van der Waals surface area contributed by atoms with E-state index in [4.69, 9.17) is 9.52 Å². The average molecular weight is 317 g/mol. The van der Waals surface area contributed by atoms with Crippen molar-refractivity contribution >= 4 is 5.96 Å². The summed E-state index contributed by atoms with van der Waals surface area (Å²) in [5.41, 5.74) is 0.989. The summed E-state index contributed by atoms with van der Waals surface area (Å²) in [5.74, 6) is 1.81. The van der Waals surface area contributed by atoms with E-state index in [2.05, 4.69) is 46.3 Å². The van der Waals surface area contributed by atoms with Gasteiger partial charge in [-0.2, -0.15) is 0 Å². The first-order valence-electron chi connectivity index (χ1n) is 8.67. The third-order valence-electron chi connectivity index (χ3n) is 4.52. The normalized spacial score (nSPS) is 22.3. The molecule has 6 heteroatoms. The van der Waals surface area contributed by atoms with Crippen molar-refractivity contribution in [2.45, 2.75) is 39.3 Å². The average Bonchev–Trinajstić information content (AvgIpc) is 3.32. The largest absolute Gasteiger partial charge is 0.359 e. The monoisotopic (exact) mass is 317 g/mol. The van der Waals surface area contributed by atoms with Gasteiger partial charge in [-0.15, -0.1) is 0 Å². The zero-order valence-corrected chi connectivity index (χ0v) is 14.2. The van der Waals surface area contributed by atoms with Crippen LogP contribution in [0.25, 0.3) is 0 Å². The molecule has 2 aliphatic heterocycles. The van der Waals surface area contributed by atoms with Crippen LogP contribution in [0.5, 0.6) is 0 Å². The van der Waals surface area contributed by atoms with E-state index in [0.29, 0.717) is 12.6 Å². The number of aliphatic imine (C=N–C) groups is 1. The van der Waals surface area contributed by atoms with Gasteiger partial charge in [-0.3, -0.25) is 4.90 Å². The molecule has 23 heavy (non-hydrogen) atoms. The van der Waals surface area contributed by atoms with Gasteiger partial charge >= 0.3 is 0 Å². The summed E-state index contributed by atoms with van der Waals surface area (Å²) in [7, 11) is 0. The van der Waals surface area contributed by atoms with E-state index in [1.54, 1.807) is 0 Å². The van der Waals surface area contributed by atoms with Gasteiger partial charge in [-0.25, -0.2) is 4.99 Å². The van der Waals surface area contributed by atoms with Gasteiger partial charge in [0, 0.05) is 44.8 Å². The van der Waals surface area contributed by atoms with E-state index < -0.39 is 0 Å². The number of rotatable bonds is 5. The number of likely N-dealkylation sites (tertiary alicyclic amines) is 1. The third kappa shape index (κ3) is 3.93. The van der Waals surface area contributed by atoms with Crippen molar-refractivity contribution in [2.75, 3.05) is 32.7 Å². The van der Waals surface area contributed by atoms with E-state index >= 15 is 0 Å².